The van der Waals surface area contributed by atoms with Gasteiger partial charge in [-0.2, -0.15) is 0 Å². The van der Waals surface area contributed by atoms with Gasteiger partial charge >= 0.3 is 5.97 Å². The summed E-state index contributed by atoms with van der Waals surface area (Å²) in [5.41, 5.74) is 13.5. The van der Waals surface area contributed by atoms with E-state index in [2.05, 4.69) is 12.2 Å². The fourth-order valence-electron chi connectivity index (χ4n) is 13.6. The van der Waals surface area contributed by atoms with Gasteiger partial charge < -0.3 is 45.4 Å². The number of hydrogen-bond donors (Lipinski definition) is 6. The number of aliphatic hydroxyl groups is 2. The maximum Gasteiger partial charge on any atom is 0.334 e. The van der Waals surface area contributed by atoms with Gasteiger partial charge in [-0.25, -0.2) is 14.8 Å². The van der Waals surface area contributed by atoms with Gasteiger partial charge in [0.05, 0.1) is 6.61 Å². The standard InChI is InChI=1S/C54H60N4O9/c1-4-32(27-7-5-6-8-27)53(64)66-43-22-39-48(63)46-42(62)21-31(24-59)65-50(46)47-44-37-17-18-56-51(55)45(37)35(14-11-28-10-12-30(61)20-38(28)40(44)25-60)34-16-15-33-29(19-41(34)54(43,3)67-49(39)47)23-57-52-36(33)13-9-26(2)58-52/h4,10,12,17-18,20-21,23,26-27,34-35,40-41,43-44,59-61,63H,5-9,11,13-16,19,22,24-25H2,1-3H3,(H2,55,56)(H,57,58). The number of aromatic hydroxyl groups is 2. The van der Waals surface area contributed by atoms with Gasteiger partial charge in [-0.1, -0.05) is 25.0 Å². The zero-order valence-electron chi connectivity index (χ0n) is 38.4. The number of phenols is 2. The third-order valence-electron chi connectivity index (χ3n) is 16.8. The minimum atomic E-state index is -1.28. The smallest absolute Gasteiger partial charge is 0.334 e. The molecule has 7 N–H and O–H groups in total. The number of esters is 1. The Bertz CT molecular complexity index is 2920. The molecule has 13 nitrogen and oxygen atoms in total. The van der Waals surface area contributed by atoms with Gasteiger partial charge in [0, 0.05) is 70.9 Å². The summed E-state index contributed by atoms with van der Waals surface area (Å²) in [6.07, 6.45) is 13.6. The highest BCUT2D eigenvalue weighted by Gasteiger charge is 2.57. The second-order valence-electron chi connectivity index (χ2n) is 20.3. The van der Waals surface area contributed by atoms with Crippen LogP contribution in [0.3, 0.4) is 0 Å². The number of anilines is 2. The quantitative estimate of drug-likeness (QED) is 0.0732. The van der Waals surface area contributed by atoms with Crippen molar-refractivity contribution >= 4 is 28.6 Å². The highest BCUT2D eigenvalue weighted by molar-refractivity contribution is 5.92. The number of pyridine rings is 2. The van der Waals surface area contributed by atoms with Gasteiger partial charge in [-0.3, -0.25) is 4.79 Å². The molecule has 0 radical (unpaired) electrons. The minimum absolute atomic E-state index is 0.00575. The Labute approximate surface area is 389 Å². The molecule has 3 aromatic heterocycles. The van der Waals surface area contributed by atoms with E-state index in [0.717, 1.165) is 79.4 Å². The monoisotopic (exact) mass is 908 g/mol. The van der Waals surface area contributed by atoms with Crippen LogP contribution in [0.25, 0.3) is 11.0 Å². The summed E-state index contributed by atoms with van der Waals surface area (Å²) in [7, 11) is 0. The number of aryl methyl sites for hydroxylation is 1. The van der Waals surface area contributed by atoms with Crippen molar-refractivity contribution in [3.63, 3.8) is 0 Å². The molecule has 8 unspecified atom stereocenters. The van der Waals surface area contributed by atoms with Crippen molar-refractivity contribution in [2.75, 3.05) is 17.7 Å². The SMILES string of the molecule is CC=C(C(=O)OC1Cc2c3c(c4oc(CO)cc(=O)c4c2O)C2c4ccnc(N)c4C(CCc4ccc(O)cc4C2CO)C2CCc4c(cnc5c4CCC(C)N5)CC2C1(C)O3)C1CCCC1. The van der Waals surface area contributed by atoms with Crippen molar-refractivity contribution in [2.24, 2.45) is 17.8 Å². The number of nitrogens with one attached hydrogen (secondary N) is 1. The van der Waals surface area contributed by atoms with Crippen molar-refractivity contribution in [1.29, 1.82) is 0 Å². The number of benzene rings is 2. The van der Waals surface area contributed by atoms with Crippen LogP contribution < -0.4 is 21.2 Å². The summed E-state index contributed by atoms with van der Waals surface area (Å²) >= 11 is 0. The number of nitrogens with zero attached hydrogens (tertiary/aromatic N) is 2. The number of ether oxygens (including phenoxy) is 2. The lowest BCUT2D eigenvalue weighted by Crippen LogP contribution is -2.59. The number of phenolic OH excluding ortho intramolecular Hbond substituents is 2. The van der Waals surface area contributed by atoms with E-state index < -0.39 is 48.2 Å². The van der Waals surface area contributed by atoms with Gasteiger partial charge in [-0.15, -0.1) is 0 Å². The summed E-state index contributed by atoms with van der Waals surface area (Å²) in [5.74, 6) is -1.53. The van der Waals surface area contributed by atoms with E-state index in [4.69, 9.17) is 29.6 Å². The maximum absolute atomic E-state index is 14.8. The van der Waals surface area contributed by atoms with E-state index in [1.165, 1.54) is 17.2 Å². The lowest BCUT2D eigenvalue weighted by atomic mass is 9.62. The van der Waals surface area contributed by atoms with E-state index in [0.29, 0.717) is 47.8 Å². The van der Waals surface area contributed by atoms with Crippen LogP contribution in [-0.2, 0) is 48.2 Å². The van der Waals surface area contributed by atoms with E-state index in [9.17, 15) is 30.0 Å². The Morgan fingerprint density at radius 2 is 1.76 bits per heavy atom. The molecule has 3 aliphatic heterocycles. The molecule has 1 fully saturated rings. The molecule has 350 valence electrons. The van der Waals surface area contributed by atoms with Crippen LogP contribution in [-0.4, -0.2) is 60.7 Å². The molecule has 5 aromatic rings. The zero-order chi connectivity index (χ0) is 46.5. The summed E-state index contributed by atoms with van der Waals surface area (Å²) < 4.78 is 21.2. The van der Waals surface area contributed by atoms with Crippen LogP contribution in [0.4, 0.5) is 11.6 Å². The molecule has 13 heteroatoms. The average Bonchev–Trinajstić information content (AvgIpc) is 3.78. The number of aromatic nitrogens is 2. The Morgan fingerprint density at radius 3 is 2.54 bits per heavy atom. The number of rotatable bonds is 5. The van der Waals surface area contributed by atoms with Gasteiger partial charge in [0.1, 0.15) is 63.9 Å². The molecule has 11 rings (SSSR count). The lowest BCUT2D eigenvalue weighted by molar-refractivity contribution is -0.169. The minimum Gasteiger partial charge on any atom is -0.508 e. The van der Waals surface area contributed by atoms with Gasteiger partial charge in [0.15, 0.2) is 5.43 Å². The maximum atomic E-state index is 14.8. The first-order valence-corrected chi connectivity index (χ1v) is 24.4. The van der Waals surface area contributed by atoms with Crippen LogP contribution in [0.1, 0.15) is 139 Å². The second-order valence-corrected chi connectivity index (χ2v) is 20.3. The van der Waals surface area contributed by atoms with Gasteiger partial charge in [-0.05, 0) is 148 Å². The molecular formula is C54H60N4O9. The van der Waals surface area contributed by atoms with Crippen LogP contribution in [0.15, 0.2) is 63.6 Å². The number of nitrogens with two attached hydrogens (primary N) is 1. The summed E-state index contributed by atoms with van der Waals surface area (Å²) in [5, 5.41) is 49.6. The molecule has 4 bridgehead atoms. The fraction of sp³-hybridized carbons (Fsp3) is 0.481. The van der Waals surface area contributed by atoms with Crippen molar-refractivity contribution in [1.82, 2.24) is 9.97 Å². The van der Waals surface area contributed by atoms with Crippen LogP contribution in [0.5, 0.6) is 17.2 Å². The third kappa shape index (κ3) is 6.92. The number of carbonyl (C=O) groups is 1. The number of allylic oxidation sites excluding steroid dienone is 1. The number of aliphatic hydroxyl groups excluding tert-OH is 2. The van der Waals surface area contributed by atoms with Crippen LogP contribution >= 0.6 is 0 Å². The Kier molecular flexibility index (Phi) is 10.9. The topological polar surface area (TPSA) is 210 Å². The van der Waals surface area contributed by atoms with Crippen molar-refractivity contribution in [3.8, 4) is 17.2 Å². The largest absolute Gasteiger partial charge is 0.508 e. The first-order valence-electron chi connectivity index (χ1n) is 24.4. The fourth-order valence-corrected chi connectivity index (χ4v) is 13.6. The Morgan fingerprint density at radius 1 is 0.955 bits per heavy atom. The average molecular weight is 909 g/mol. The molecule has 0 amide bonds. The first-order chi connectivity index (χ1) is 32.4. The molecule has 0 saturated heterocycles. The third-order valence-corrected chi connectivity index (χ3v) is 16.8. The second kappa shape index (κ2) is 16.7. The molecule has 6 aliphatic rings. The zero-order valence-corrected chi connectivity index (χ0v) is 38.4. The van der Waals surface area contributed by atoms with E-state index in [1.807, 2.05) is 38.3 Å². The van der Waals surface area contributed by atoms with Crippen molar-refractivity contribution in [2.45, 2.75) is 140 Å². The normalized spacial score (nSPS) is 27.7. The molecule has 8 atom stereocenters. The summed E-state index contributed by atoms with van der Waals surface area (Å²) in [6, 6.07) is 8.71. The predicted molar refractivity (Wildman–Crippen MR) is 253 cm³/mol. The first kappa shape index (κ1) is 43.6. The molecule has 1 saturated carbocycles. The Hall–Kier alpha value is -5.92. The summed E-state index contributed by atoms with van der Waals surface area (Å²) in [6.45, 7) is 5.12. The lowest BCUT2D eigenvalue weighted by Gasteiger charge is -2.51. The number of nitrogen functional groups attached to an aromatic ring is 1. The molecular weight excluding hydrogens is 849 g/mol. The van der Waals surface area contributed by atoms with Crippen molar-refractivity contribution < 1.29 is 39.1 Å². The summed E-state index contributed by atoms with van der Waals surface area (Å²) in [4.78, 5) is 39.0. The number of fused-ring (bicyclic) bond motifs is 11. The number of carbonyl (C=O) groups excluding carboxylic acids is 1. The molecule has 6 heterocycles. The molecule has 3 aliphatic carbocycles. The van der Waals surface area contributed by atoms with Crippen LogP contribution in [0.2, 0.25) is 0 Å². The molecule has 0 spiro atoms. The molecule has 67 heavy (non-hydrogen) atoms. The number of hydrogen-bond acceptors (Lipinski definition) is 13. The van der Waals surface area contributed by atoms with Crippen LogP contribution in [0, 0.1) is 17.8 Å². The van der Waals surface area contributed by atoms with Gasteiger partial charge in [0.2, 0.25) is 0 Å². The predicted octanol–water partition coefficient (Wildman–Crippen LogP) is 7.93. The highest BCUT2D eigenvalue weighted by atomic mass is 16.6. The highest BCUT2D eigenvalue weighted by Crippen LogP contribution is 2.60. The molecule has 2 aromatic carbocycles. The van der Waals surface area contributed by atoms with E-state index in [-0.39, 0.29) is 69.6 Å². The van der Waals surface area contributed by atoms with E-state index >= 15 is 0 Å². The van der Waals surface area contributed by atoms with E-state index in [1.54, 1.807) is 18.3 Å². The Balaban J connectivity index is 1.25. The van der Waals surface area contributed by atoms with Crippen molar-refractivity contribution in [3.05, 3.63) is 120 Å². The van der Waals surface area contributed by atoms with Gasteiger partial charge in [0.25, 0.3) is 0 Å².